The molecule has 2 N–H and O–H groups in total. The van der Waals surface area contributed by atoms with Crippen molar-refractivity contribution in [1.29, 1.82) is 0 Å². The van der Waals surface area contributed by atoms with E-state index in [0.717, 1.165) is 25.6 Å². The summed E-state index contributed by atoms with van der Waals surface area (Å²) in [6.45, 7) is 13.4. The van der Waals surface area contributed by atoms with E-state index in [-0.39, 0.29) is 5.54 Å². The lowest BCUT2D eigenvalue weighted by Gasteiger charge is -2.48. The molecule has 0 unspecified atom stereocenters. The highest BCUT2D eigenvalue weighted by Gasteiger charge is 2.38. The van der Waals surface area contributed by atoms with Crippen LogP contribution in [-0.4, -0.2) is 48.1 Å². The van der Waals surface area contributed by atoms with Crippen molar-refractivity contribution in [1.82, 2.24) is 9.80 Å². The molecular formula is C17H31N3S. The van der Waals surface area contributed by atoms with Crippen LogP contribution in [0.25, 0.3) is 0 Å². The van der Waals surface area contributed by atoms with Gasteiger partial charge in [0.1, 0.15) is 0 Å². The predicted molar refractivity (Wildman–Crippen MR) is 92.7 cm³/mol. The average molecular weight is 310 g/mol. The molecule has 1 aromatic rings. The van der Waals surface area contributed by atoms with E-state index in [9.17, 15) is 0 Å². The van der Waals surface area contributed by atoms with E-state index in [2.05, 4.69) is 48.1 Å². The first kappa shape index (κ1) is 16.9. The van der Waals surface area contributed by atoms with Crippen molar-refractivity contribution in [3.05, 3.63) is 22.4 Å². The Morgan fingerprint density at radius 1 is 1.38 bits per heavy atom. The molecule has 1 saturated heterocycles. The Bertz CT molecular complexity index is 394. The number of piperidine rings is 1. The van der Waals surface area contributed by atoms with Crippen molar-refractivity contribution >= 4 is 11.3 Å². The van der Waals surface area contributed by atoms with Gasteiger partial charge in [0.2, 0.25) is 0 Å². The number of nitrogens with two attached hydrogens (primary N) is 1. The summed E-state index contributed by atoms with van der Waals surface area (Å²) in [7, 11) is 0. The second-order valence-electron chi connectivity index (χ2n) is 6.72. The maximum Gasteiger partial charge on any atom is 0.0359 e. The Labute approximate surface area is 134 Å². The van der Waals surface area contributed by atoms with Crippen molar-refractivity contribution in [2.24, 2.45) is 11.7 Å². The molecule has 0 bridgehead atoms. The van der Waals surface area contributed by atoms with Gasteiger partial charge >= 0.3 is 0 Å². The molecule has 0 radical (unpaired) electrons. The summed E-state index contributed by atoms with van der Waals surface area (Å²) >= 11 is 1.86. The first-order valence-corrected chi connectivity index (χ1v) is 9.17. The van der Waals surface area contributed by atoms with Gasteiger partial charge in [-0.05, 0) is 49.8 Å². The molecule has 1 fully saturated rings. The zero-order valence-corrected chi connectivity index (χ0v) is 14.7. The number of rotatable bonds is 7. The smallest absolute Gasteiger partial charge is 0.0359 e. The summed E-state index contributed by atoms with van der Waals surface area (Å²) < 4.78 is 0. The van der Waals surface area contributed by atoms with Crippen LogP contribution in [0.1, 0.15) is 38.5 Å². The van der Waals surface area contributed by atoms with E-state index in [1.54, 1.807) is 0 Å². The van der Waals surface area contributed by atoms with Crippen LogP contribution in [0.5, 0.6) is 0 Å². The summed E-state index contributed by atoms with van der Waals surface area (Å²) in [4.78, 5) is 6.68. The van der Waals surface area contributed by atoms with E-state index < -0.39 is 0 Å². The van der Waals surface area contributed by atoms with Crippen LogP contribution < -0.4 is 5.73 Å². The maximum absolute atomic E-state index is 6.23. The SMILES string of the molecule is CCN(Cc1cccs1)C1(CN)CCN(CC(C)C)CC1. The first-order valence-electron chi connectivity index (χ1n) is 8.29. The van der Waals surface area contributed by atoms with Crippen LogP contribution in [0.15, 0.2) is 17.5 Å². The van der Waals surface area contributed by atoms with Gasteiger partial charge in [-0.25, -0.2) is 0 Å². The lowest BCUT2D eigenvalue weighted by molar-refractivity contribution is 0.0220. The Balaban J connectivity index is 2.00. The normalized spacial score (nSPS) is 19.5. The summed E-state index contributed by atoms with van der Waals surface area (Å²) in [6, 6.07) is 4.39. The highest BCUT2D eigenvalue weighted by Crippen LogP contribution is 2.30. The zero-order valence-electron chi connectivity index (χ0n) is 13.8. The molecule has 1 aromatic heterocycles. The molecule has 21 heavy (non-hydrogen) atoms. The summed E-state index contributed by atoms with van der Waals surface area (Å²) in [5, 5.41) is 2.17. The molecule has 1 aliphatic heterocycles. The van der Waals surface area contributed by atoms with Crippen molar-refractivity contribution in [2.45, 2.75) is 45.7 Å². The van der Waals surface area contributed by atoms with Gasteiger partial charge in [-0.1, -0.05) is 26.8 Å². The predicted octanol–water partition coefficient (Wildman–Crippen LogP) is 3.02. The van der Waals surface area contributed by atoms with Gasteiger partial charge in [0.05, 0.1) is 0 Å². The van der Waals surface area contributed by atoms with Crippen molar-refractivity contribution < 1.29 is 0 Å². The number of hydrogen-bond acceptors (Lipinski definition) is 4. The van der Waals surface area contributed by atoms with Crippen LogP contribution in [-0.2, 0) is 6.54 Å². The third-order valence-corrected chi connectivity index (χ3v) is 5.63. The Morgan fingerprint density at radius 3 is 2.57 bits per heavy atom. The number of nitrogens with zero attached hydrogens (tertiary/aromatic N) is 2. The van der Waals surface area contributed by atoms with Gasteiger partial charge in [-0.15, -0.1) is 11.3 Å². The standard InChI is InChI=1S/C17H31N3S/c1-4-20(13-16-6-5-11-21-16)17(14-18)7-9-19(10-8-17)12-15(2)3/h5-6,11,15H,4,7-10,12-14,18H2,1-3H3. The molecule has 4 heteroatoms. The number of likely N-dealkylation sites (tertiary alicyclic amines) is 1. The highest BCUT2D eigenvalue weighted by molar-refractivity contribution is 7.09. The third kappa shape index (κ3) is 4.28. The van der Waals surface area contributed by atoms with Crippen LogP contribution >= 0.6 is 11.3 Å². The van der Waals surface area contributed by atoms with Crippen LogP contribution in [0, 0.1) is 5.92 Å². The molecule has 0 spiro atoms. The quantitative estimate of drug-likeness (QED) is 0.840. The molecule has 3 nitrogen and oxygen atoms in total. The average Bonchev–Trinajstić information content (AvgIpc) is 2.98. The number of thiophene rings is 1. The summed E-state index contributed by atoms with van der Waals surface area (Å²) in [6.07, 6.45) is 2.41. The van der Waals surface area contributed by atoms with Crippen molar-refractivity contribution in [3.8, 4) is 0 Å². The lowest BCUT2D eigenvalue weighted by Crippen LogP contribution is -2.59. The molecule has 0 saturated carbocycles. The minimum Gasteiger partial charge on any atom is -0.329 e. The molecule has 0 atom stereocenters. The second kappa shape index (κ2) is 7.73. The lowest BCUT2D eigenvalue weighted by atomic mass is 9.85. The summed E-state index contributed by atoms with van der Waals surface area (Å²) in [5.74, 6) is 0.753. The van der Waals surface area contributed by atoms with Gasteiger partial charge in [0, 0.05) is 30.1 Å². The first-order chi connectivity index (χ1) is 10.1. The van der Waals surface area contributed by atoms with Crippen molar-refractivity contribution in [3.63, 3.8) is 0 Å². The van der Waals surface area contributed by atoms with E-state index in [1.807, 2.05) is 11.3 Å². The van der Waals surface area contributed by atoms with E-state index in [0.29, 0.717) is 0 Å². The van der Waals surface area contributed by atoms with Crippen LogP contribution in [0.4, 0.5) is 0 Å². The molecule has 0 amide bonds. The Kier molecular flexibility index (Phi) is 6.23. The molecule has 2 heterocycles. The number of likely N-dealkylation sites (N-methyl/N-ethyl adjacent to an activating group) is 1. The van der Waals surface area contributed by atoms with E-state index in [1.165, 1.54) is 37.4 Å². The maximum atomic E-state index is 6.23. The van der Waals surface area contributed by atoms with Gasteiger partial charge in [-0.2, -0.15) is 0 Å². The molecule has 1 aliphatic rings. The fourth-order valence-corrected chi connectivity index (χ4v) is 4.24. The zero-order chi connectivity index (χ0) is 15.3. The molecular weight excluding hydrogens is 278 g/mol. The second-order valence-corrected chi connectivity index (χ2v) is 7.75. The van der Waals surface area contributed by atoms with Gasteiger partial charge in [-0.3, -0.25) is 4.90 Å². The molecule has 2 rings (SSSR count). The van der Waals surface area contributed by atoms with Gasteiger partial charge in [0.15, 0.2) is 0 Å². The van der Waals surface area contributed by atoms with Gasteiger partial charge in [0.25, 0.3) is 0 Å². The largest absolute Gasteiger partial charge is 0.329 e. The minimum atomic E-state index is 0.201. The number of hydrogen-bond donors (Lipinski definition) is 1. The van der Waals surface area contributed by atoms with Crippen LogP contribution in [0.3, 0.4) is 0 Å². The Hall–Kier alpha value is -0.420. The fourth-order valence-electron chi connectivity index (χ4n) is 3.52. The third-order valence-electron chi connectivity index (χ3n) is 4.77. The summed E-state index contributed by atoms with van der Waals surface area (Å²) in [5.41, 5.74) is 6.43. The van der Waals surface area contributed by atoms with Gasteiger partial charge < -0.3 is 10.6 Å². The van der Waals surface area contributed by atoms with Crippen LogP contribution in [0.2, 0.25) is 0 Å². The molecule has 120 valence electrons. The topological polar surface area (TPSA) is 32.5 Å². The molecule has 0 aliphatic carbocycles. The monoisotopic (exact) mass is 309 g/mol. The fraction of sp³-hybridized carbons (Fsp3) is 0.765. The Morgan fingerprint density at radius 2 is 2.10 bits per heavy atom. The minimum absolute atomic E-state index is 0.201. The van der Waals surface area contributed by atoms with Crippen molar-refractivity contribution in [2.75, 3.05) is 32.7 Å². The van der Waals surface area contributed by atoms with E-state index in [4.69, 9.17) is 5.73 Å². The highest BCUT2D eigenvalue weighted by atomic mass is 32.1. The molecule has 0 aromatic carbocycles. The van der Waals surface area contributed by atoms with E-state index >= 15 is 0 Å².